The third-order valence-corrected chi connectivity index (χ3v) is 3.13. The molecule has 1 saturated carbocycles. The quantitative estimate of drug-likeness (QED) is 0.641. The van der Waals surface area contributed by atoms with Crippen LogP contribution in [-0.4, -0.2) is 11.2 Å². The fourth-order valence-electron chi connectivity index (χ4n) is 2.15. The van der Waals surface area contributed by atoms with Crippen molar-refractivity contribution in [1.29, 1.82) is 0 Å². The molecular weight excluding hydrogens is 148 g/mol. The van der Waals surface area contributed by atoms with Gasteiger partial charge in [0.1, 0.15) is 0 Å². The normalized spacial score (nSPS) is 33.5. The summed E-state index contributed by atoms with van der Waals surface area (Å²) < 4.78 is 0. The summed E-state index contributed by atoms with van der Waals surface area (Å²) in [6.07, 6.45) is 9.94. The van der Waals surface area contributed by atoms with Crippen LogP contribution in [0.1, 0.15) is 58.3 Å². The van der Waals surface area contributed by atoms with Gasteiger partial charge in [0.2, 0.25) is 0 Å². The third kappa shape index (κ3) is 3.57. The highest BCUT2D eigenvalue weighted by Crippen LogP contribution is 2.23. The van der Waals surface area contributed by atoms with Crippen molar-refractivity contribution in [3.8, 4) is 0 Å². The summed E-state index contributed by atoms with van der Waals surface area (Å²) in [7, 11) is 0. The van der Waals surface area contributed by atoms with Gasteiger partial charge in [0.25, 0.3) is 0 Å². The van der Waals surface area contributed by atoms with Crippen molar-refractivity contribution in [1.82, 2.24) is 0 Å². The van der Waals surface area contributed by atoms with Crippen LogP contribution in [0.15, 0.2) is 0 Å². The highest BCUT2D eigenvalue weighted by atomic mass is 16.3. The maximum atomic E-state index is 9.50. The predicted molar refractivity (Wildman–Crippen MR) is 52.1 cm³/mol. The van der Waals surface area contributed by atoms with E-state index in [0.29, 0.717) is 0 Å². The van der Waals surface area contributed by atoms with Crippen LogP contribution < -0.4 is 0 Å². The first kappa shape index (κ1) is 10.0. The molecule has 1 nitrogen and oxygen atoms in total. The molecule has 1 rings (SSSR count). The average molecular weight is 170 g/mol. The average Bonchev–Trinajstić information content (AvgIpc) is 2.17. The first-order valence-corrected chi connectivity index (χ1v) is 5.51. The van der Waals surface area contributed by atoms with Crippen molar-refractivity contribution < 1.29 is 5.11 Å². The topological polar surface area (TPSA) is 20.2 Å². The second-order valence-electron chi connectivity index (χ2n) is 4.14. The highest BCUT2D eigenvalue weighted by molar-refractivity contribution is 4.65. The molecule has 0 aromatic heterocycles. The fourth-order valence-corrected chi connectivity index (χ4v) is 2.15. The van der Waals surface area contributed by atoms with Gasteiger partial charge in [-0.15, -0.1) is 0 Å². The summed E-state index contributed by atoms with van der Waals surface area (Å²) in [5.74, 6) is 0.940. The molecule has 1 aliphatic rings. The Balaban J connectivity index is 2.26. The van der Waals surface area contributed by atoms with Gasteiger partial charge in [-0.25, -0.2) is 0 Å². The van der Waals surface area contributed by atoms with E-state index in [1.807, 2.05) is 0 Å². The van der Waals surface area contributed by atoms with Gasteiger partial charge in [0, 0.05) is 0 Å². The molecule has 72 valence electrons. The van der Waals surface area contributed by atoms with Gasteiger partial charge in [-0.2, -0.15) is 0 Å². The minimum atomic E-state index is 0.000561. The zero-order valence-electron chi connectivity index (χ0n) is 8.26. The molecule has 0 heterocycles. The standard InChI is InChI=1S/C11H22O/c1-2-10-6-3-4-8-11(12)9-5-7-10/h10-12H,2-9H2,1H3. The van der Waals surface area contributed by atoms with Crippen molar-refractivity contribution in [3.63, 3.8) is 0 Å². The van der Waals surface area contributed by atoms with Crippen LogP contribution in [0.3, 0.4) is 0 Å². The fraction of sp³-hybridized carbons (Fsp3) is 1.00. The third-order valence-electron chi connectivity index (χ3n) is 3.13. The molecule has 0 spiro atoms. The molecular formula is C11H22O. The second-order valence-corrected chi connectivity index (χ2v) is 4.14. The molecule has 0 amide bonds. The maximum absolute atomic E-state index is 9.50. The van der Waals surface area contributed by atoms with E-state index in [0.717, 1.165) is 18.8 Å². The first-order valence-electron chi connectivity index (χ1n) is 5.51. The summed E-state index contributed by atoms with van der Waals surface area (Å²) in [4.78, 5) is 0. The molecule has 0 aromatic rings. The van der Waals surface area contributed by atoms with E-state index in [1.165, 1.54) is 38.5 Å². The Hall–Kier alpha value is -0.0400. The number of rotatable bonds is 1. The van der Waals surface area contributed by atoms with Gasteiger partial charge in [-0.05, 0) is 18.8 Å². The minimum Gasteiger partial charge on any atom is -0.393 e. The van der Waals surface area contributed by atoms with E-state index in [-0.39, 0.29) is 6.10 Å². The highest BCUT2D eigenvalue weighted by Gasteiger charge is 2.11. The molecule has 0 saturated heterocycles. The van der Waals surface area contributed by atoms with E-state index >= 15 is 0 Å². The van der Waals surface area contributed by atoms with E-state index in [2.05, 4.69) is 6.92 Å². The Bertz CT molecular complexity index is 112. The van der Waals surface area contributed by atoms with Crippen LogP contribution in [0.2, 0.25) is 0 Å². The van der Waals surface area contributed by atoms with Crippen LogP contribution >= 0.6 is 0 Å². The SMILES string of the molecule is CCC1CCCCC(O)CCC1. The molecule has 0 aliphatic heterocycles. The van der Waals surface area contributed by atoms with E-state index in [9.17, 15) is 5.11 Å². The lowest BCUT2D eigenvalue weighted by Gasteiger charge is -2.12. The molecule has 1 aliphatic carbocycles. The zero-order valence-corrected chi connectivity index (χ0v) is 8.26. The van der Waals surface area contributed by atoms with Gasteiger partial charge in [0.15, 0.2) is 0 Å². The van der Waals surface area contributed by atoms with Gasteiger partial charge < -0.3 is 5.11 Å². The van der Waals surface area contributed by atoms with Crippen LogP contribution in [0.25, 0.3) is 0 Å². The van der Waals surface area contributed by atoms with Crippen LogP contribution in [0, 0.1) is 5.92 Å². The molecule has 1 N–H and O–H groups in total. The minimum absolute atomic E-state index is 0.000561. The molecule has 12 heavy (non-hydrogen) atoms. The number of hydrogen-bond donors (Lipinski definition) is 1. The Morgan fingerprint density at radius 1 is 1.00 bits per heavy atom. The lowest BCUT2D eigenvalue weighted by atomic mass is 9.95. The van der Waals surface area contributed by atoms with Gasteiger partial charge in [0.05, 0.1) is 6.10 Å². The van der Waals surface area contributed by atoms with E-state index < -0.39 is 0 Å². The molecule has 0 bridgehead atoms. The maximum Gasteiger partial charge on any atom is 0.0540 e. The van der Waals surface area contributed by atoms with Gasteiger partial charge in [-0.1, -0.05) is 45.4 Å². The van der Waals surface area contributed by atoms with E-state index in [4.69, 9.17) is 0 Å². The zero-order chi connectivity index (χ0) is 8.81. The lowest BCUT2D eigenvalue weighted by molar-refractivity contribution is 0.149. The van der Waals surface area contributed by atoms with Gasteiger partial charge in [-0.3, -0.25) is 0 Å². The molecule has 2 unspecified atom stereocenters. The largest absolute Gasteiger partial charge is 0.393 e. The van der Waals surface area contributed by atoms with Gasteiger partial charge >= 0.3 is 0 Å². The number of aliphatic hydroxyl groups is 1. The lowest BCUT2D eigenvalue weighted by Crippen LogP contribution is -2.05. The van der Waals surface area contributed by atoms with Crippen molar-refractivity contribution in [2.24, 2.45) is 5.92 Å². The monoisotopic (exact) mass is 170 g/mol. The molecule has 0 radical (unpaired) electrons. The first-order chi connectivity index (χ1) is 5.83. The number of aliphatic hydroxyl groups excluding tert-OH is 1. The summed E-state index contributed by atoms with van der Waals surface area (Å²) in [6.45, 7) is 2.29. The van der Waals surface area contributed by atoms with Crippen LogP contribution in [0.5, 0.6) is 0 Å². The second kappa shape index (κ2) is 5.58. The van der Waals surface area contributed by atoms with Crippen molar-refractivity contribution >= 4 is 0 Å². The Labute approximate surface area is 76.2 Å². The molecule has 2 atom stereocenters. The summed E-state index contributed by atoms with van der Waals surface area (Å²) in [5, 5.41) is 9.50. The van der Waals surface area contributed by atoms with Crippen molar-refractivity contribution in [2.75, 3.05) is 0 Å². The Morgan fingerprint density at radius 2 is 1.58 bits per heavy atom. The summed E-state index contributed by atoms with van der Waals surface area (Å²) in [6, 6.07) is 0. The molecule has 0 aromatic carbocycles. The summed E-state index contributed by atoms with van der Waals surface area (Å²) in [5.41, 5.74) is 0. The van der Waals surface area contributed by atoms with Crippen molar-refractivity contribution in [2.45, 2.75) is 64.4 Å². The van der Waals surface area contributed by atoms with Crippen LogP contribution in [0.4, 0.5) is 0 Å². The van der Waals surface area contributed by atoms with E-state index in [1.54, 1.807) is 0 Å². The molecule has 1 heteroatoms. The Morgan fingerprint density at radius 3 is 2.33 bits per heavy atom. The Kier molecular flexibility index (Phi) is 4.67. The number of hydrogen-bond acceptors (Lipinski definition) is 1. The predicted octanol–water partition coefficient (Wildman–Crippen LogP) is 3.12. The molecule has 1 fully saturated rings. The van der Waals surface area contributed by atoms with Crippen LogP contribution in [-0.2, 0) is 0 Å². The smallest absolute Gasteiger partial charge is 0.0540 e. The van der Waals surface area contributed by atoms with Crippen molar-refractivity contribution in [3.05, 3.63) is 0 Å². The summed E-state index contributed by atoms with van der Waals surface area (Å²) >= 11 is 0.